The Hall–Kier alpha value is -1.03. The van der Waals surface area contributed by atoms with Gasteiger partial charge in [0.25, 0.3) is 0 Å². The molecule has 0 aromatic carbocycles. The van der Waals surface area contributed by atoms with Crippen molar-refractivity contribution < 1.29 is 9.90 Å². The van der Waals surface area contributed by atoms with E-state index in [1.807, 2.05) is 4.57 Å². The van der Waals surface area contributed by atoms with Gasteiger partial charge in [0.1, 0.15) is 5.82 Å². The molecule has 0 bridgehead atoms. The first-order valence-corrected chi connectivity index (χ1v) is 6.16. The van der Waals surface area contributed by atoms with Gasteiger partial charge in [-0.2, -0.15) is 0 Å². The van der Waals surface area contributed by atoms with Gasteiger partial charge in [-0.1, -0.05) is 32.4 Å². The molecule has 2 rings (SSSR count). The summed E-state index contributed by atoms with van der Waals surface area (Å²) >= 11 is 6.12. The number of aromatic nitrogens is 2. The Kier molecular flexibility index (Phi) is 2.94. The average molecular weight is 257 g/mol. The number of nitrogens with zero attached hydrogens (tertiary/aromatic N) is 2. The molecule has 1 atom stereocenters. The number of hydrogen-bond acceptors (Lipinski definition) is 2. The second-order valence-electron chi connectivity index (χ2n) is 5.61. The van der Waals surface area contributed by atoms with Crippen LogP contribution < -0.4 is 0 Å². The molecule has 1 N–H and O–H groups in total. The monoisotopic (exact) mass is 256 g/mol. The third-order valence-electron chi connectivity index (χ3n) is 3.18. The maximum atomic E-state index is 11.1. The third-order valence-corrected chi connectivity index (χ3v) is 3.48. The lowest BCUT2D eigenvalue weighted by atomic mass is 9.93. The van der Waals surface area contributed by atoms with Crippen molar-refractivity contribution in [2.75, 3.05) is 0 Å². The molecular formula is C12H17ClN2O2. The number of fused-ring (bicyclic) bond motifs is 1. The summed E-state index contributed by atoms with van der Waals surface area (Å²) in [6.07, 6.45) is 1.34. The summed E-state index contributed by atoms with van der Waals surface area (Å²) in [6.45, 7) is 6.66. The Morgan fingerprint density at radius 1 is 1.53 bits per heavy atom. The molecule has 1 aliphatic rings. The highest BCUT2D eigenvalue weighted by Crippen LogP contribution is 2.32. The van der Waals surface area contributed by atoms with Crippen molar-refractivity contribution in [1.29, 1.82) is 0 Å². The van der Waals surface area contributed by atoms with E-state index in [-0.39, 0.29) is 11.3 Å². The number of aliphatic carboxylic acids is 1. The van der Waals surface area contributed by atoms with E-state index in [2.05, 4.69) is 25.8 Å². The number of halogens is 1. The van der Waals surface area contributed by atoms with Gasteiger partial charge >= 0.3 is 5.97 Å². The fourth-order valence-electron chi connectivity index (χ4n) is 2.29. The minimum absolute atomic E-state index is 0.123. The van der Waals surface area contributed by atoms with E-state index in [4.69, 9.17) is 16.7 Å². The molecule has 17 heavy (non-hydrogen) atoms. The van der Waals surface area contributed by atoms with Crippen LogP contribution in [0.4, 0.5) is 0 Å². The predicted molar refractivity (Wildman–Crippen MR) is 65.4 cm³/mol. The van der Waals surface area contributed by atoms with Crippen LogP contribution in [0.3, 0.4) is 0 Å². The second-order valence-corrected chi connectivity index (χ2v) is 5.97. The molecule has 94 valence electrons. The van der Waals surface area contributed by atoms with E-state index in [0.29, 0.717) is 24.5 Å². The number of carbonyl (C=O) groups is 1. The van der Waals surface area contributed by atoms with E-state index in [0.717, 1.165) is 11.5 Å². The van der Waals surface area contributed by atoms with Crippen LogP contribution in [-0.2, 0) is 23.2 Å². The molecule has 1 aromatic heterocycles. The van der Waals surface area contributed by atoms with Gasteiger partial charge in [-0.05, 0) is 12.8 Å². The number of carboxylic acids is 1. The SMILES string of the molecule is CC(C)(C)c1nc(Cl)c2n1CC(C(=O)O)CC2. The minimum Gasteiger partial charge on any atom is -0.481 e. The molecule has 4 nitrogen and oxygen atoms in total. The van der Waals surface area contributed by atoms with Crippen LogP contribution in [0.2, 0.25) is 5.15 Å². The fraction of sp³-hybridized carbons (Fsp3) is 0.667. The lowest BCUT2D eigenvalue weighted by Crippen LogP contribution is -2.30. The highest BCUT2D eigenvalue weighted by atomic mass is 35.5. The molecule has 0 amide bonds. The molecule has 0 fully saturated rings. The molecule has 1 aromatic rings. The van der Waals surface area contributed by atoms with Gasteiger partial charge in [0.05, 0.1) is 11.6 Å². The Balaban J connectivity index is 2.44. The zero-order valence-electron chi connectivity index (χ0n) is 10.3. The largest absolute Gasteiger partial charge is 0.481 e. The lowest BCUT2D eigenvalue weighted by molar-refractivity contribution is -0.142. The van der Waals surface area contributed by atoms with Crippen LogP contribution in [0.5, 0.6) is 0 Å². The van der Waals surface area contributed by atoms with Crippen molar-refractivity contribution in [3.8, 4) is 0 Å². The van der Waals surface area contributed by atoms with Crippen molar-refractivity contribution in [2.45, 2.75) is 45.6 Å². The summed E-state index contributed by atoms with van der Waals surface area (Å²) in [6, 6.07) is 0. The van der Waals surface area contributed by atoms with Crippen molar-refractivity contribution in [3.05, 3.63) is 16.7 Å². The van der Waals surface area contributed by atoms with E-state index in [9.17, 15) is 4.79 Å². The Morgan fingerprint density at radius 3 is 2.71 bits per heavy atom. The van der Waals surface area contributed by atoms with Crippen molar-refractivity contribution in [1.82, 2.24) is 9.55 Å². The molecule has 2 heterocycles. The van der Waals surface area contributed by atoms with Crippen molar-refractivity contribution in [3.63, 3.8) is 0 Å². The van der Waals surface area contributed by atoms with Crippen LogP contribution in [-0.4, -0.2) is 20.6 Å². The molecule has 0 radical (unpaired) electrons. The topological polar surface area (TPSA) is 55.1 Å². The van der Waals surface area contributed by atoms with Crippen LogP contribution in [0.15, 0.2) is 0 Å². The molecule has 5 heteroatoms. The van der Waals surface area contributed by atoms with E-state index in [1.165, 1.54) is 0 Å². The molecule has 0 aliphatic carbocycles. The number of rotatable bonds is 1. The molecular weight excluding hydrogens is 240 g/mol. The highest BCUT2D eigenvalue weighted by Gasteiger charge is 2.32. The number of carboxylic acid groups (broad SMARTS) is 1. The second kappa shape index (κ2) is 4.02. The fourth-order valence-corrected chi connectivity index (χ4v) is 2.57. The quantitative estimate of drug-likeness (QED) is 0.840. The zero-order chi connectivity index (χ0) is 12.8. The van der Waals surface area contributed by atoms with Gasteiger partial charge in [-0.3, -0.25) is 4.79 Å². The maximum Gasteiger partial charge on any atom is 0.308 e. The van der Waals surface area contributed by atoms with Crippen LogP contribution >= 0.6 is 11.6 Å². The summed E-state index contributed by atoms with van der Waals surface area (Å²) in [5, 5.41) is 9.62. The summed E-state index contributed by atoms with van der Waals surface area (Å²) in [7, 11) is 0. The minimum atomic E-state index is -0.736. The van der Waals surface area contributed by atoms with E-state index < -0.39 is 5.97 Å². The zero-order valence-corrected chi connectivity index (χ0v) is 11.1. The average Bonchev–Trinajstić information content (AvgIpc) is 2.55. The lowest BCUT2D eigenvalue weighted by Gasteiger charge is -2.26. The smallest absolute Gasteiger partial charge is 0.308 e. The molecule has 1 aliphatic heterocycles. The summed E-state index contributed by atoms with van der Waals surface area (Å²) in [4.78, 5) is 15.5. The molecule has 1 unspecified atom stereocenters. The Bertz CT molecular complexity index is 460. The Labute approximate surface area is 106 Å². The van der Waals surface area contributed by atoms with Gasteiger partial charge in [0.15, 0.2) is 5.15 Å². The standard InChI is InChI=1S/C12H17ClN2O2/c1-12(2,3)11-14-9(13)8-5-4-7(10(16)17)6-15(8)11/h7H,4-6H2,1-3H3,(H,16,17). The maximum absolute atomic E-state index is 11.1. The summed E-state index contributed by atoms with van der Waals surface area (Å²) < 4.78 is 1.99. The van der Waals surface area contributed by atoms with Gasteiger partial charge in [-0.25, -0.2) is 4.98 Å². The van der Waals surface area contributed by atoms with E-state index >= 15 is 0 Å². The van der Waals surface area contributed by atoms with Gasteiger partial charge in [0, 0.05) is 12.0 Å². The highest BCUT2D eigenvalue weighted by molar-refractivity contribution is 6.30. The summed E-state index contributed by atoms with van der Waals surface area (Å²) in [5.41, 5.74) is 0.858. The molecule has 0 spiro atoms. The summed E-state index contributed by atoms with van der Waals surface area (Å²) in [5.74, 6) is -0.183. The molecule has 0 saturated carbocycles. The normalized spacial score (nSPS) is 20.1. The van der Waals surface area contributed by atoms with E-state index in [1.54, 1.807) is 0 Å². The van der Waals surface area contributed by atoms with Crippen LogP contribution in [0.25, 0.3) is 0 Å². The number of imidazole rings is 1. The number of hydrogen-bond donors (Lipinski definition) is 1. The van der Waals surface area contributed by atoms with Crippen LogP contribution in [0.1, 0.15) is 38.7 Å². The van der Waals surface area contributed by atoms with Crippen molar-refractivity contribution in [2.24, 2.45) is 5.92 Å². The Morgan fingerprint density at radius 2 is 2.18 bits per heavy atom. The predicted octanol–water partition coefficient (Wildman–Crippen LogP) is 2.48. The first kappa shape index (κ1) is 12.4. The first-order valence-electron chi connectivity index (χ1n) is 5.79. The molecule has 0 saturated heterocycles. The van der Waals surface area contributed by atoms with Gasteiger partial charge in [0.2, 0.25) is 0 Å². The third kappa shape index (κ3) is 2.18. The first-order chi connectivity index (χ1) is 7.80. The van der Waals surface area contributed by atoms with Crippen molar-refractivity contribution >= 4 is 17.6 Å². The van der Waals surface area contributed by atoms with Crippen LogP contribution in [0, 0.1) is 5.92 Å². The van der Waals surface area contributed by atoms with Gasteiger partial charge < -0.3 is 9.67 Å². The van der Waals surface area contributed by atoms with Gasteiger partial charge in [-0.15, -0.1) is 0 Å².